The van der Waals surface area contributed by atoms with Crippen LogP contribution in [0.5, 0.6) is 0 Å². The summed E-state index contributed by atoms with van der Waals surface area (Å²) in [6.45, 7) is 4.36. The van der Waals surface area contributed by atoms with Crippen molar-refractivity contribution in [3.05, 3.63) is 36.5 Å². The van der Waals surface area contributed by atoms with Gasteiger partial charge in [-0.1, -0.05) is 185 Å². The van der Waals surface area contributed by atoms with E-state index in [2.05, 4.69) is 38.2 Å². The van der Waals surface area contributed by atoms with Gasteiger partial charge in [0.25, 0.3) is 0 Å². The number of phosphoric acid groups is 1. The Morgan fingerprint density at radius 3 is 1.40 bits per heavy atom. The molecule has 0 aromatic carbocycles. The topological polar surface area (TPSA) is 108 Å². The fourth-order valence-corrected chi connectivity index (χ4v) is 7.51. The van der Waals surface area contributed by atoms with Gasteiger partial charge in [0.2, 0.25) is 0 Å². The maximum Gasteiger partial charge on any atom is 0.472 e. The van der Waals surface area contributed by atoms with Crippen molar-refractivity contribution >= 4 is 19.8 Å². The van der Waals surface area contributed by atoms with Crippen molar-refractivity contribution in [1.29, 1.82) is 0 Å². The lowest BCUT2D eigenvalue weighted by Crippen LogP contribution is -2.37. The smallest absolute Gasteiger partial charge is 0.462 e. The van der Waals surface area contributed by atoms with Gasteiger partial charge in [-0.25, -0.2) is 4.57 Å². The molecule has 60 heavy (non-hydrogen) atoms. The minimum absolute atomic E-state index is 0.0220. The highest BCUT2D eigenvalue weighted by Gasteiger charge is 2.27. The van der Waals surface area contributed by atoms with Gasteiger partial charge in [-0.15, -0.1) is 0 Å². The number of nitrogens with zero attached hydrogens (tertiary/aromatic N) is 1. The van der Waals surface area contributed by atoms with E-state index >= 15 is 0 Å². The number of hydrogen-bond acceptors (Lipinski definition) is 7. The average molecular weight is 869 g/mol. The first-order valence-corrected chi connectivity index (χ1v) is 26.2. The molecular weight excluding hydrogens is 774 g/mol. The van der Waals surface area contributed by atoms with Crippen molar-refractivity contribution in [3.63, 3.8) is 0 Å². The summed E-state index contributed by atoms with van der Waals surface area (Å²) in [5, 5.41) is 0. The number of unbranched alkanes of at least 4 members (excludes halogenated alkanes) is 25. The van der Waals surface area contributed by atoms with Gasteiger partial charge < -0.3 is 18.9 Å². The first kappa shape index (κ1) is 58.2. The van der Waals surface area contributed by atoms with E-state index in [9.17, 15) is 19.0 Å². The number of esters is 2. The van der Waals surface area contributed by atoms with Crippen molar-refractivity contribution in [2.75, 3.05) is 47.5 Å². The van der Waals surface area contributed by atoms with E-state index in [1.807, 2.05) is 33.3 Å². The third kappa shape index (κ3) is 45.7. The summed E-state index contributed by atoms with van der Waals surface area (Å²) >= 11 is 0. The predicted octanol–water partition coefficient (Wildman–Crippen LogP) is 14.5. The Bertz CT molecular complexity index is 1120. The number of allylic oxidation sites excluding steroid dienone is 6. The Labute approximate surface area is 370 Å². The summed E-state index contributed by atoms with van der Waals surface area (Å²) in [6.07, 6.45) is 49.4. The Hall–Kier alpha value is -1.77. The van der Waals surface area contributed by atoms with E-state index in [0.717, 1.165) is 38.5 Å². The van der Waals surface area contributed by atoms with Gasteiger partial charge in [0.05, 0.1) is 27.7 Å². The molecule has 10 heteroatoms. The van der Waals surface area contributed by atoms with Gasteiger partial charge in [-0.2, -0.15) is 0 Å². The molecule has 0 heterocycles. The van der Waals surface area contributed by atoms with E-state index in [1.54, 1.807) is 0 Å². The van der Waals surface area contributed by atoms with Crippen LogP contribution >= 0.6 is 7.82 Å². The molecule has 0 rings (SSSR count). The van der Waals surface area contributed by atoms with Crippen LogP contribution in [0.1, 0.15) is 219 Å². The quantitative estimate of drug-likeness (QED) is 0.0212. The highest BCUT2D eigenvalue weighted by atomic mass is 31.2. The molecule has 352 valence electrons. The van der Waals surface area contributed by atoms with Crippen molar-refractivity contribution in [2.24, 2.45) is 0 Å². The average Bonchev–Trinajstić information content (AvgIpc) is 3.20. The van der Waals surface area contributed by atoms with Gasteiger partial charge in [0, 0.05) is 12.8 Å². The highest BCUT2D eigenvalue weighted by Crippen LogP contribution is 2.43. The number of ether oxygens (including phenoxy) is 2. The van der Waals surface area contributed by atoms with Crippen LogP contribution in [0.25, 0.3) is 0 Å². The molecule has 0 radical (unpaired) electrons. The van der Waals surface area contributed by atoms with Gasteiger partial charge in [-0.3, -0.25) is 18.6 Å². The Kier molecular flexibility index (Phi) is 41.3. The van der Waals surface area contributed by atoms with Crippen LogP contribution in [-0.4, -0.2) is 74.9 Å². The summed E-state index contributed by atoms with van der Waals surface area (Å²) in [5.41, 5.74) is 0. The molecule has 0 spiro atoms. The lowest BCUT2D eigenvalue weighted by Gasteiger charge is -2.24. The Morgan fingerprint density at radius 1 is 0.517 bits per heavy atom. The summed E-state index contributed by atoms with van der Waals surface area (Å²) in [7, 11) is 1.45. The van der Waals surface area contributed by atoms with E-state index in [4.69, 9.17) is 18.5 Å². The molecule has 0 fully saturated rings. The summed E-state index contributed by atoms with van der Waals surface area (Å²) in [4.78, 5) is 35.4. The largest absolute Gasteiger partial charge is 0.472 e. The van der Waals surface area contributed by atoms with Crippen LogP contribution in [0.3, 0.4) is 0 Å². The fourth-order valence-electron chi connectivity index (χ4n) is 6.77. The fraction of sp³-hybridized carbons (Fsp3) is 0.840. The zero-order valence-corrected chi connectivity index (χ0v) is 40.6. The standard InChI is InChI=1S/C50H94NO8P/c1-6-8-10-12-14-16-18-20-21-22-23-24-25-26-27-28-29-31-32-34-36-38-40-42-49(52)56-46-48(47-58-60(54,55)57-45-44-51(3,4)5)59-50(53)43-41-39-37-35-33-30-19-17-15-13-11-9-7-2/h26-27,30,33,37,39,48H,6-25,28-29,31-32,34-36,38,40-47H2,1-5H3/p+1/b27-26+,33-30+,39-37+. The van der Waals surface area contributed by atoms with E-state index in [-0.39, 0.29) is 32.0 Å². The molecule has 2 unspecified atom stereocenters. The van der Waals surface area contributed by atoms with Crippen molar-refractivity contribution in [3.8, 4) is 0 Å². The van der Waals surface area contributed by atoms with Crippen LogP contribution in [-0.2, 0) is 32.7 Å². The number of quaternary nitrogens is 1. The molecule has 0 aliphatic rings. The number of carbonyl (C=O) groups is 2. The molecule has 0 aromatic heterocycles. The molecule has 0 amide bonds. The van der Waals surface area contributed by atoms with Gasteiger partial charge in [0.1, 0.15) is 19.8 Å². The first-order chi connectivity index (χ1) is 29.0. The minimum Gasteiger partial charge on any atom is -0.462 e. The molecule has 1 N–H and O–H groups in total. The summed E-state index contributed by atoms with van der Waals surface area (Å²) < 4.78 is 34.3. The van der Waals surface area contributed by atoms with Crippen molar-refractivity contribution < 1.29 is 42.1 Å². The molecule has 0 aromatic rings. The summed E-state index contributed by atoms with van der Waals surface area (Å²) in [6, 6.07) is 0. The molecule has 0 aliphatic heterocycles. The molecule has 0 saturated carbocycles. The molecule has 9 nitrogen and oxygen atoms in total. The van der Waals surface area contributed by atoms with E-state index in [1.165, 1.54) is 148 Å². The van der Waals surface area contributed by atoms with Gasteiger partial charge in [0.15, 0.2) is 6.10 Å². The van der Waals surface area contributed by atoms with E-state index < -0.39 is 26.5 Å². The monoisotopic (exact) mass is 869 g/mol. The Morgan fingerprint density at radius 2 is 0.933 bits per heavy atom. The number of phosphoric ester groups is 1. The normalized spacial score (nSPS) is 13.8. The first-order valence-electron chi connectivity index (χ1n) is 24.7. The number of hydrogen-bond donors (Lipinski definition) is 1. The van der Waals surface area contributed by atoms with Crippen LogP contribution in [0, 0.1) is 0 Å². The number of likely N-dealkylation sites (N-methyl/N-ethyl adjacent to an activating group) is 1. The second-order valence-electron chi connectivity index (χ2n) is 17.8. The van der Waals surface area contributed by atoms with Gasteiger partial charge in [-0.05, 0) is 57.8 Å². The SMILES string of the molecule is CCCCCCCC/C=C/C/C=C/CCC(=O)OC(COC(=O)CCCCCCCCC/C=C/CCCCCCCCCCCCCC)COP(=O)(O)OCC[N+](C)(C)C. The lowest BCUT2D eigenvalue weighted by atomic mass is 10.0. The van der Waals surface area contributed by atoms with Crippen LogP contribution in [0.15, 0.2) is 36.5 Å². The van der Waals surface area contributed by atoms with Crippen LogP contribution in [0.4, 0.5) is 0 Å². The molecular formula is C50H95NO8P+. The minimum atomic E-state index is -4.39. The summed E-state index contributed by atoms with van der Waals surface area (Å²) in [5.74, 6) is -0.877. The molecule has 0 saturated heterocycles. The van der Waals surface area contributed by atoms with Crippen LogP contribution in [0.2, 0.25) is 0 Å². The maximum absolute atomic E-state index is 12.7. The number of carbonyl (C=O) groups excluding carboxylic acids is 2. The predicted molar refractivity (Wildman–Crippen MR) is 252 cm³/mol. The maximum atomic E-state index is 12.7. The second kappa shape index (κ2) is 42.5. The highest BCUT2D eigenvalue weighted by molar-refractivity contribution is 7.47. The molecule has 0 aliphatic carbocycles. The second-order valence-corrected chi connectivity index (χ2v) is 19.3. The van der Waals surface area contributed by atoms with Crippen molar-refractivity contribution in [2.45, 2.75) is 225 Å². The van der Waals surface area contributed by atoms with E-state index in [0.29, 0.717) is 17.4 Å². The Balaban J connectivity index is 4.25. The third-order valence-corrected chi connectivity index (χ3v) is 11.6. The van der Waals surface area contributed by atoms with Crippen molar-refractivity contribution in [1.82, 2.24) is 0 Å². The third-order valence-electron chi connectivity index (χ3n) is 10.7. The van der Waals surface area contributed by atoms with Gasteiger partial charge >= 0.3 is 19.8 Å². The zero-order valence-electron chi connectivity index (χ0n) is 39.7. The zero-order chi connectivity index (χ0) is 44.3. The number of rotatable bonds is 45. The van der Waals surface area contributed by atoms with Crippen LogP contribution < -0.4 is 0 Å². The molecule has 0 bridgehead atoms. The lowest BCUT2D eigenvalue weighted by molar-refractivity contribution is -0.870. The molecule has 2 atom stereocenters.